The van der Waals surface area contributed by atoms with E-state index in [9.17, 15) is 0 Å². The number of nitrogens with one attached hydrogen (secondary N) is 1. The molecule has 0 fully saturated rings. The number of allylic oxidation sites excluding steroid dienone is 3. The van der Waals surface area contributed by atoms with Crippen molar-refractivity contribution in [2.45, 2.75) is 6.04 Å². The Bertz CT molecular complexity index is 286. The second kappa shape index (κ2) is 2.63. The van der Waals surface area contributed by atoms with Gasteiger partial charge in [-0.1, -0.05) is 24.3 Å². The summed E-state index contributed by atoms with van der Waals surface area (Å²) in [6.45, 7) is 0. The molecule has 1 aliphatic carbocycles. The summed E-state index contributed by atoms with van der Waals surface area (Å²) in [5, 5.41) is 7.70. The van der Waals surface area contributed by atoms with Crippen molar-refractivity contribution in [3.63, 3.8) is 0 Å². The summed E-state index contributed by atoms with van der Waals surface area (Å²) in [6.07, 6.45) is 12.1. The molecule has 0 aromatic carbocycles. The molecule has 2 unspecified atom stereocenters. The molecule has 2 rings (SSSR count). The van der Waals surface area contributed by atoms with Gasteiger partial charge in [0.1, 0.15) is 0 Å². The zero-order chi connectivity index (χ0) is 8.55. The smallest absolute Gasteiger partial charge is 0.0585 e. The molecule has 0 saturated heterocycles. The summed E-state index contributed by atoms with van der Waals surface area (Å²) in [6, 6.07) is 0.354. The lowest BCUT2D eigenvalue weighted by Gasteiger charge is -2.34. The van der Waals surface area contributed by atoms with E-state index in [1.54, 1.807) is 0 Å². The van der Waals surface area contributed by atoms with Crippen LogP contribution in [-0.4, -0.2) is 23.7 Å². The van der Waals surface area contributed by atoms with Gasteiger partial charge in [0.25, 0.3) is 0 Å². The molecular formula is C10H12N2. The van der Waals surface area contributed by atoms with Crippen LogP contribution in [0.1, 0.15) is 0 Å². The average Bonchev–Trinajstić information content (AvgIpc) is 2.12. The monoisotopic (exact) mass is 160 g/mol. The van der Waals surface area contributed by atoms with E-state index in [2.05, 4.69) is 17.1 Å². The predicted molar refractivity (Wildman–Crippen MR) is 50.2 cm³/mol. The normalized spacial score (nSPS) is 32.4. The molecule has 0 bridgehead atoms. The van der Waals surface area contributed by atoms with Gasteiger partial charge in [-0.2, -0.15) is 0 Å². The quantitative estimate of drug-likeness (QED) is 0.572. The lowest BCUT2D eigenvalue weighted by atomic mass is 9.87. The van der Waals surface area contributed by atoms with Crippen molar-refractivity contribution in [1.29, 1.82) is 5.41 Å². The first-order chi connectivity index (χ1) is 5.79. The van der Waals surface area contributed by atoms with Crippen LogP contribution >= 0.6 is 0 Å². The third-order valence-corrected chi connectivity index (χ3v) is 2.42. The Kier molecular flexibility index (Phi) is 1.61. The summed E-state index contributed by atoms with van der Waals surface area (Å²) in [5.41, 5.74) is 0.707. The Balaban J connectivity index is 2.35. The number of hydrogen-bond donors (Lipinski definition) is 1. The van der Waals surface area contributed by atoms with Gasteiger partial charge in [-0.25, -0.2) is 0 Å². The summed E-state index contributed by atoms with van der Waals surface area (Å²) in [5.74, 6) is 0.255. The van der Waals surface area contributed by atoms with Crippen molar-refractivity contribution in [1.82, 2.24) is 4.90 Å². The Morgan fingerprint density at radius 1 is 1.33 bits per heavy atom. The van der Waals surface area contributed by atoms with Crippen LogP contribution in [-0.2, 0) is 0 Å². The number of likely N-dealkylation sites (N-methyl/N-ethyl adjacent to an activating group) is 1. The molecule has 12 heavy (non-hydrogen) atoms. The van der Waals surface area contributed by atoms with E-state index in [-0.39, 0.29) is 5.92 Å². The summed E-state index contributed by atoms with van der Waals surface area (Å²) in [7, 11) is 2.05. The van der Waals surface area contributed by atoms with Crippen molar-refractivity contribution in [3.05, 3.63) is 36.6 Å². The van der Waals surface area contributed by atoms with E-state index in [4.69, 9.17) is 5.41 Å². The van der Waals surface area contributed by atoms with Gasteiger partial charge in [0.05, 0.1) is 6.04 Å². The van der Waals surface area contributed by atoms with Crippen molar-refractivity contribution in [2.75, 3.05) is 7.05 Å². The fourth-order valence-electron chi connectivity index (χ4n) is 1.68. The molecule has 2 aliphatic rings. The average molecular weight is 160 g/mol. The van der Waals surface area contributed by atoms with Crippen molar-refractivity contribution in [2.24, 2.45) is 5.92 Å². The minimum Gasteiger partial charge on any atom is -0.373 e. The highest BCUT2D eigenvalue weighted by Gasteiger charge is 2.26. The van der Waals surface area contributed by atoms with Gasteiger partial charge in [0, 0.05) is 24.9 Å². The van der Waals surface area contributed by atoms with E-state index in [1.807, 2.05) is 31.5 Å². The fraction of sp³-hybridized carbons (Fsp3) is 0.300. The predicted octanol–water partition coefficient (Wildman–Crippen LogP) is 1.58. The van der Waals surface area contributed by atoms with E-state index in [1.165, 1.54) is 0 Å². The first-order valence-electron chi connectivity index (χ1n) is 4.12. The van der Waals surface area contributed by atoms with Gasteiger partial charge < -0.3 is 10.3 Å². The van der Waals surface area contributed by atoms with Crippen LogP contribution in [0.5, 0.6) is 0 Å². The third-order valence-electron chi connectivity index (χ3n) is 2.42. The van der Waals surface area contributed by atoms with Crippen LogP contribution in [0.3, 0.4) is 0 Å². The lowest BCUT2D eigenvalue weighted by molar-refractivity contribution is 0.346. The number of fused-ring (bicyclic) bond motifs is 1. The first kappa shape index (κ1) is 7.35. The molecule has 2 atom stereocenters. The van der Waals surface area contributed by atoms with Crippen LogP contribution in [0, 0.1) is 11.3 Å². The number of rotatable bonds is 0. The highest BCUT2D eigenvalue weighted by molar-refractivity contribution is 5.97. The third kappa shape index (κ3) is 0.998. The Labute approximate surface area is 72.4 Å². The zero-order valence-corrected chi connectivity index (χ0v) is 7.07. The summed E-state index contributed by atoms with van der Waals surface area (Å²) in [4.78, 5) is 2.14. The minimum absolute atomic E-state index is 0.255. The lowest BCUT2D eigenvalue weighted by Crippen LogP contribution is -2.39. The van der Waals surface area contributed by atoms with Gasteiger partial charge in [0.15, 0.2) is 0 Å². The van der Waals surface area contributed by atoms with E-state index in [0.717, 1.165) is 0 Å². The van der Waals surface area contributed by atoms with Crippen molar-refractivity contribution < 1.29 is 0 Å². The molecule has 0 aromatic rings. The molecule has 0 saturated carbocycles. The first-order valence-corrected chi connectivity index (χ1v) is 4.12. The van der Waals surface area contributed by atoms with Crippen LogP contribution in [0.2, 0.25) is 0 Å². The molecule has 62 valence electrons. The molecule has 1 N–H and O–H groups in total. The van der Waals surface area contributed by atoms with E-state index in [0.29, 0.717) is 11.8 Å². The highest BCUT2D eigenvalue weighted by atomic mass is 15.1. The zero-order valence-electron chi connectivity index (χ0n) is 7.07. The van der Waals surface area contributed by atoms with Crippen LogP contribution in [0.4, 0.5) is 0 Å². The van der Waals surface area contributed by atoms with E-state index < -0.39 is 0 Å². The molecular weight excluding hydrogens is 148 g/mol. The Morgan fingerprint density at radius 2 is 2.08 bits per heavy atom. The molecule has 2 nitrogen and oxygen atoms in total. The maximum Gasteiger partial charge on any atom is 0.0585 e. The molecule has 2 heteroatoms. The molecule has 0 radical (unpaired) electrons. The Morgan fingerprint density at radius 3 is 2.83 bits per heavy atom. The van der Waals surface area contributed by atoms with Gasteiger partial charge in [-0.15, -0.1) is 0 Å². The van der Waals surface area contributed by atoms with Gasteiger partial charge in [-0.05, 0) is 6.08 Å². The topological polar surface area (TPSA) is 27.1 Å². The largest absolute Gasteiger partial charge is 0.373 e. The van der Waals surface area contributed by atoms with Crippen LogP contribution in [0.15, 0.2) is 36.6 Å². The van der Waals surface area contributed by atoms with Crippen LogP contribution < -0.4 is 0 Å². The molecule has 1 heterocycles. The maximum absolute atomic E-state index is 7.70. The standard InChI is InChI=1S/C10H12N2/c1-12-7-6-9(11)8-4-2-3-5-10(8)12/h2-8,10-11H,1H3. The highest BCUT2D eigenvalue weighted by Crippen LogP contribution is 2.22. The fourth-order valence-corrected chi connectivity index (χ4v) is 1.68. The maximum atomic E-state index is 7.70. The van der Waals surface area contributed by atoms with E-state index >= 15 is 0 Å². The van der Waals surface area contributed by atoms with Gasteiger partial charge in [0.2, 0.25) is 0 Å². The molecule has 1 aliphatic heterocycles. The summed E-state index contributed by atoms with van der Waals surface area (Å²) >= 11 is 0. The second-order valence-corrected chi connectivity index (χ2v) is 3.22. The van der Waals surface area contributed by atoms with Crippen LogP contribution in [0.25, 0.3) is 0 Å². The number of nitrogens with zero attached hydrogens (tertiary/aromatic N) is 1. The van der Waals surface area contributed by atoms with Gasteiger partial charge >= 0.3 is 0 Å². The Hall–Kier alpha value is -1.31. The number of hydrogen-bond acceptors (Lipinski definition) is 2. The molecule has 0 amide bonds. The van der Waals surface area contributed by atoms with Crippen molar-refractivity contribution >= 4 is 5.71 Å². The SMILES string of the molecule is CN1C=CC(=N)C2C=CC=CC21. The minimum atomic E-state index is 0.255. The second-order valence-electron chi connectivity index (χ2n) is 3.22. The molecule has 0 spiro atoms. The molecule has 0 aromatic heterocycles. The van der Waals surface area contributed by atoms with Gasteiger partial charge in [-0.3, -0.25) is 0 Å². The summed E-state index contributed by atoms with van der Waals surface area (Å²) < 4.78 is 0. The van der Waals surface area contributed by atoms with Crippen molar-refractivity contribution in [3.8, 4) is 0 Å².